The van der Waals surface area contributed by atoms with Gasteiger partial charge in [0.1, 0.15) is 0 Å². The van der Waals surface area contributed by atoms with Crippen molar-refractivity contribution in [1.82, 2.24) is 15.6 Å². The average Bonchev–Trinajstić information content (AvgIpc) is 2.55. The van der Waals surface area contributed by atoms with Crippen LogP contribution in [-0.4, -0.2) is 31.1 Å². The average molecular weight is 306 g/mol. The molecule has 0 aliphatic rings. The molecule has 22 heavy (non-hydrogen) atoms. The Labute approximate surface area is 134 Å². The lowest BCUT2D eigenvalue weighted by atomic mass is 10.1. The van der Waals surface area contributed by atoms with Gasteiger partial charge >= 0.3 is 0 Å². The van der Waals surface area contributed by atoms with Crippen molar-refractivity contribution in [1.29, 1.82) is 0 Å². The number of nitrogens with zero attached hydrogens (tertiary/aromatic N) is 2. The number of ether oxygens (including phenoxy) is 1. The summed E-state index contributed by atoms with van der Waals surface area (Å²) in [6.07, 6.45) is 8.06. The molecule has 0 aromatic carbocycles. The van der Waals surface area contributed by atoms with Crippen LogP contribution in [0.15, 0.2) is 23.3 Å². The van der Waals surface area contributed by atoms with Crippen molar-refractivity contribution in [2.24, 2.45) is 4.99 Å². The zero-order valence-corrected chi connectivity index (χ0v) is 14.4. The second-order valence-corrected chi connectivity index (χ2v) is 5.49. The fourth-order valence-corrected chi connectivity index (χ4v) is 2.30. The maximum atomic E-state index is 5.26. The molecule has 0 amide bonds. The van der Waals surface area contributed by atoms with Crippen LogP contribution in [0.25, 0.3) is 0 Å². The number of hydrogen-bond acceptors (Lipinski definition) is 3. The van der Waals surface area contributed by atoms with Crippen LogP contribution in [0.5, 0.6) is 5.88 Å². The molecule has 0 saturated carbocycles. The maximum Gasteiger partial charge on any atom is 0.218 e. The minimum absolute atomic E-state index is 0.416. The van der Waals surface area contributed by atoms with Gasteiger partial charge in [0.2, 0.25) is 5.88 Å². The third kappa shape index (κ3) is 6.78. The molecule has 0 aliphatic heterocycles. The lowest BCUT2D eigenvalue weighted by Crippen LogP contribution is -2.41. The lowest BCUT2D eigenvalue weighted by Gasteiger charge is -2.18. The van der Waals surface area contributed by atoms with Crippen molar-refractivity contribution in [3.8, 4) is 5.88 Å². The number of unbranched alkanes of at least 4 members (excludes halogenated alkanes) is 3. The molecular formula is C17H30N4O. The smallest absolute Gasteiger partial charge is 0.218 e. The normalized spacial score (nSPS) is 12.8. The summed E-state index contributed by atoms with van der Waals surface area (Å²) in [5, 5.41) is 6.74. The first kappa shape index (κ1) is 18.3. The fraction of sp³-hybridized carbons (Fsp3) is 0.647. The van der Waals surface area contributed by atoms with Crippen LogP contribution in [0.4, 0.5) is 0 Å². The highest BCUT2D eigenvalue weighted by atomic mass is 16.5. The van der Waals surface area contributed by atoms with Crippen LogP contribution in [0, 0.1) is 0 Å². The monoisotopic (exact) mass is 306 g/mol. The highest BCUT2D eigenvalue weighted by Gasteiger charge is 2.07. The van der Waals surface area contributed by atoms with E-state index in [0.717, 1.165) is 17.9 Å². The minimum atomic E-state index is 0.416. The number of nitrogens with one attached hydrogen (secondary N) is 2. The van der Waals surface area contributed by atoms with E-state index >= 15 is 0 Å². The summed E-state index contributed by atoms with van der Waals surface area (Å²) in [5.41, 5.74) is 1.02. The Hall–Kier alpha value is -1.78. The van der Waals surface area contributed by atoms with Crippen LogP contribution in [-0.2, 0) is 6.54 Å². The van der Waals surface area contributed by atoms with Crippen LogP contribution in [0.2, 0.25) is 0 Å². The minimum Gasteiger partial charge on any atom is -0.481 e. The Morgan fingerprint density at radius 3 is 2.86 bits per heavy atom. The van der Waals surface area contributed by atoms with Crippen molar-refractivity contribution in [2.45, 2.75) is 58.5 Å². The van der Waals surface area contributed by atoms with E-state index in [4.69, 9.17) is 4.74 Å². The summed E-state index contributed by atoms with van der Waals surface area (Å²) in [6.45, 7) is 5.07. The number of rotatable bonds is 9. The molecule has 1 aromatic heterocycles. The predicted octanol–water partition coefficient (Wildman–Crippen LogP) is 3.11. The van der Waals surface area contributed by atoms with E-state index in [0.29, 0.717) is 18.5 Å². The summed E-state index contributed by atoms with van der Waals surface area (Å²) in [6, 6.07) is 4.32. The molecule has 1 rings (SSSR count). The van der Waals surface area contributed by atoms with Crippen LogP contribution in [0.3, 0.4) is 0 Å². The number of hydrogen-bond donors (Lipinski definition) is 2. The van der Waals surface area contributed by atoms with Crippen molar-refractivity contribution in [3.63, 3.8) is 0 Å². The van der Waals surface area contributed by atoms with Crippen LogP contribution in [0.1, 0.15) is 51.5 Å². The van der Waals surface area contributed by atoms with Gasteiger partial charge in [0, 0.05) is 31.4 Å². The summed E-state index contributed by atoms with van der Waals surface area (Å²) in [7, 11) is 3.43. The number of aromatic nitrogens is 1. The molecule has 1 aromatic rings. The second kappa shape index (κ2) is 10.9. The molecule has 5 nitrogen and oxygen atoms in total. The molecule has 1 heterocycles. The first-order chi connectivity index (χ1) is 10.7. The molecular weight excluding hydrogens is 276 g/mol. The fourth-order valence-electron chi connectivity index (χ4n) is 2.30. The van der Waals surface area contributed by atoms with Gasteiger partial charge in [-0.1, -0.05) is 38.7 Å². The Morgan fingerprint density at radius 2 is 2.18 bits per heavy atom. The predicted molar refractivity (Wildman–Crippen MR) is 92.3 cm³/mol. The van der Waals surface area contributed by atoms with E-state index in [2.05, 4.69) is 34.5 Å². The summed E-state index contributed by atoms with van der Waals surface area (Å²) in [4.78, 5) is 8.47. The highest BCUT2D eigenvalue weighted by Crippen LogP contribution is 2.12. The zero-order chi connectivity index (χ0) is 16.2. The molecule has 2 N–H and O–H groups in total. The Morgan fingerprint density at radius 1 is 1.36 bits per heavy atom. The molecule has 0 radical (unpaired) electrons. The number of methoxy groups -OCH3 is 1. The summed E-state index contributed by atoms with van der Waals surface area (Å²) >= 11 is 0. The Kier molecular flexibility index (Phi) is 9.03. The topological polar surface area (TPSA) is 58.5 Å². The van der Waals surface area contributed by atoms with E-state index in [9.17, 15) is 0 Å². The third-order valence-corrected chi connectivity index (χ3v) is 3.59. The van der Waals surface area contributed by atoms with Gasteiger partial charge in [0.25, 0.3) is 0 Å². The number of aliphatic imine (C=N–C) groups is 1. The van der Waals surface area contributed by atoms with E-state index in [1.165, 1.54) is 25.7 Å². The third-order valence-electron chi connectivity index (χ3n) is 3.59. The Balaban J connectivity index is 2.39. The van der Waals surface area contributed by atoms with Gasteiger partial charge < -0.3 is 15.4 Å². The lowest BCUT2D eigenvalue weighted by molar-refractivity contribution is 0.392. The summed E-state index contributed by atoms with van der Waals surface area (Å²) in [5.74, 6) is 1.46. The van der Waals surface area contributed by atoms with Crippen LogP contribution >= 0.6 is 0 Å². The summed E-state index contributed by atoms with van der Waals surface area (Å²) < 4.78 is 5.26. The van der Waals surface area contributed by atoms with Crippen LogP contribution < -0.4 is 15.4 Å². The molecule has 124 valence electrons. The molecule has 0 aliphatic carbocycles. The molecule has 0 bridgehead atoms. The standard InChI is InChI=1S/C17H30N4O/c1-5-6-7-8-10-14(2)21-17(18-3)20-13-15-11-9-12-19-16(15)22-4/h9,11-12,14H,5-8,10,13H2,1-4H3,(H2,18,20,21). The van der Waals surface area contributed by atoms with Gasteiger partial charge in [-0.15, -0.1) is 0 Å². The number of pyridine rings is 1. The molecule has 0 fully saturated rings. The molecule has 1 unspecified atom stereocenters. The highest BCUT2D eigenvalue weighted by molar-refractivity contribution is 5.79. The van der Waals surface area contributed by atoms with E-state index in [1.54, 1.807) is 20.4 Å². The maximum absolute atomic E-state index is 5.26. The van der Waals surface area contributed by atoms with E-state index < -0.39 is 0 Å². The van der Waals surface area contributed by atoms with Gasteiger partial charge in [-0.3, -0.25) is 4.99 Å². The van der Waals surface area contributed by atoms with Gasteiger partial charge in [-0.2, -0.15) is 0 Å². The largest absolute Gasteiger partial charge is 0.481 e. The van der Waals surface area contributed by atoms with E-state index in [1.807, 2.05) is 12.1 Å². The Bertz CT molecular complexity index is 448. The molecule has 0 saturated heterocycles. The van der Waals surface area contributed by atoms with Gasteiger partial charge in [0.05, 0.1) is 7.11 Å². The van der Waals surface area contributed by atoms with Gasteiger partial charge in [-0.05, 0) is 19.4 Å². The second-order valence-electron chi connectivity index (χ2n) is 5.49. The molecule has 1 atom stereocenters. The first-order valence-corrected chi connectivity index (χ1v) is 8.16. The van der Waals surface area contributed by atoms with E-state index in [-0.39, 0.29) is 0 Å². The number of guanidine groups is 1. The van der Waals surface area contributed by atoms with Crippen molar-refractivity contribution < 1.29 is 4.74 Å². The molecule has 5 heteroatoms. The molecule has 0 spiro atoms. The van der Waals surface area contributed by atoms with Crippen molar-refractivity contribution in [2.75, 3.05) is 14.2 Å². The SMILES string of the molecule is CCCCCCC(C)NC(=NC)NCc1cccnc1OC. The van der Waals surface area contributed by atoms with Crippen molar-refractivity contribution >= 4 is 5.96 Å². The van der Waals surface area contributed by atoms with Gasteiger partial charge in [-0.25, -0.2) is 4.98 Å². The van der Waals surface area contributed by atoms with Crippen molar-refractivity contribution in [3.05, 3.63) is 23.9 Å². The zero-order valence-electron chi connectivity index (χ0n) is 14.4. The van der Waals surface area contributed by atoms with Gasteiger partial charge in [0.15, 0.2) is 5.96 Å². The first-order valence-electron chi connectivity index (χ1n) is 8.16. The quantitative estimate of drug-likeness (QED) is 0.418.